The maximum atomic E-state index is 12.7. The van der Waals surface area contributed by atoms with Gasteiger partial charge in [-0.3, -0.25) is 4.79 Å². The fraction of sp³-hybridized carbons (Fsp3) is 0.353. The van der Waals surface area contributed by atoms with Gasteiger partial charge in [0, 0.05) is 18.8 Å². The molecule has 106 valence electrons. The normalized spacial score (nSPS) is 20.0. The average molecular weight is 272 g/mol. The molecule has 0 bridgehead atoms. The number of Topliss-reactive ketones (excluding diaryl/α,β-unsaturated/α-hetero) is 1. The Bertz CT molecular complexity index is 496. The average Bonchev–Trinajstić information content (AvgIpc) is 2.48. The van der Waals surface area contributed by atoms with Gasteiger partial charge >= 0.3 is 0 Å². The minimum Gasteiger partial charge on any atom is -0.346 e. The van der Waals surface area contributed by atoms with Crippen molar-refractivity contribution < 1.29 is 14.3 Å². The first-order valence-electron chi connectivity index (χ1n) is 6.96. The molecule has 0 amide bonds. The summed E-state index contributed by atoms with van der Waals surface area (Å²) in [4.78, 5) is 12.7. The summed E-state index contributed by atoms with van der Waals surface area (Å²) < 4.78 is 11.6. The van der Waals surface area contributed by atoms with Gasteiger partial charge in [-0.1, -0.05) is 48.6 Å². The molecule has 0 aliphatic heterocycles. The Morgan fingerprint density at radius 1 is 1.10 bits per heavy atom. The molecule has 0 fully saturated rings. The first-order valence-corrected chi connectivity index (χ1v) is 6.96. The van der Waals surface area contributed by atoms with Crippen LogP contribution in [0.1, 0.15) is 24.2 Å². The van der Waals surface area contributed by atoms with Crippen LogP contribution in [0.2, 0.25) is 0 Å². The molecule has 0 saturated heterocycles. The summed E-state index contributed by atoms with van der Waals surface area (Å²) in [5, 5.41) is 0. The molecule has 0 N–H and O–H groups in total. The smallest absolute Gasteiger partial charge is 0.201 e. The number of carbonyl (C=O) groups excluding carboxylic acids is 1. The Labute approximate surface area is 119 Å². The molecule has 0 radical (unpaired) electrons. The van der Waals surface area contributed by atoms with Gasteiger partial charge in [0.1, 0.15) is 0 Å². The highest BCUT2D eigenvalue weighted by molar-refractivity contribution is 6.00. The van der Waals surface area contributed by atoms with E-state index >= 15 is 0 Å². The van der Waals surface area contributed by atoms with Crippen molar-refractivity contribution in [1.29, 1.82) is 0 Å². The summed E-state index contributed by atoms with van der Waals surface area (Å²) in [6.07, 6.45) is 7.40. The lowest BCUT2D eigenvalue weighted by Crippen LogP contribution is -2.46. The van der Waals surface area contributed by atoms with Crippen LogP contribution < -0.4 is 0 Å². The van der Waals surface area contributed by atoms with Crippen LogP contribution in [-0.4, -0.2) is 24.8 Å². The lowest BCUT2D eigenvalue weighted by atomic mass is 9.86. The second-order valence-corrected chi connectivity index (χ2v) is 4.54. The van der Waals surface area contributed by atoms with E-state index in [4.69, 9.17) is 9.47 Å². The van der Waals surface area contributed by atoms with Crippen molar-refractivity contribution >= 4 is 5.78 Å². The zero-order valence-corrected chi connectivity index (χ0v) is 11.9. The Kier molecular flexibility index (Phi) is 4.88. The molecule has 0 saturated carbocycles. The molecular weight excluding hydrogens is 252 g/mol. The molecule has 1 aliphatic rings. The summed E-state index contributed by atoms with van der Waals surface area (Å²) in [5.74, 6) is -1.45. The molecule has 1 aromatic rings. The van der Waals surface area contributed by atoms with E-state index in [0.717, 1.165) is 0 Å². The molecule has 3 heteroatoms. The summed E-state index contributed by atoms with van der Waals surface area (Å²) in [6.45, 7) is 4.77. The van der Waals surface area contributed by atoms with E-state index in [1.165, 1.54) is 0 Å². The Hall–Kier alpha value is -1.71. The number of ketones is 1. The molecule has 20 heavy (non-hydrogen) atoms. The van der Waals surface area contributed by atoms with Gasteiger partial charge < -0.3 is 9.47 Å². The lowest BCUT2D eigenvalue weighted by Gasteiger charge is -2.36. The largest absolute Gasteiger partial charge is 0.346 e. The summed E-state index contributed by atoms with van der Waals surface area (Å²) in [5.41, 5.74) is 0.668. The van der Waals surface area contributed by atoms with Gasteiger partial charge in [-0.2, -0.15) is 0 Å². The summed E-state index contributed by atoms with van der Waals surface area (Å²) >= 11 is 0. The summed E-state index contributed by atoms with van der Waals surface area (Å²) in [6, 6.07) is 9.25. The number of allylic oxidation sites excluding steroid dienone is 2. The SMILES string of the molecule is CCOC1(OCC)C=CC=CC1C(=O)c1ccccc1. The van der Waals surface area contributed by atoms with Crippen molar-refractivity contribution in [2.24, 2.45) is 5.92 Å². The summed E-state index contributed by atoms with van der Waals surface area (Å²) in [7, 11) is 0. The first kappa shape index (κ1) is 14.7. The maximum Gasteiger partial charge on any atom is 0.201 e. The number of ether oxygens (including phenoxy) is 2. The monoisotopic (exact) mass is 272 g/mol. The third kappa shape index (κ3) is 2.89. The Morgan fingerprint density at radius 2 is 1.75 bits per heavy atom. The van der Waals surface area contributed by atoms with E-state index in [-0.39, 0.29) is 5.78 Å². The highest BCUT2D eigenvalue weighted by atomic mass is 16.7. The van der Waals surface area contributed by atoms with Crippen LogP contribution >= 0.6 is 0 Å². The predicted molar refractivity (Wildman–Crippen MR) is 78.5 cm³/mol. The van der Waals surface area contributed by atoms with Gasteiger partial charge in [0.15, 0.2) is 5.78 Å². The number of hydrogen-bond acceptors (Lipinski definition) is 3. The van der Waals surface area contributed by atoms with Crippen molar-refractivity contribution in [3.05, 3.63) is 60.2 Å². The van der Waals surface area contributed by atoms with Gasteiger partial charge in [0.25, 0.3) is 0 Å². The van der Waals surface area contributed by atoms with Crippen molar-refractivity contribution in [3.63, 3.8) is 0 Å². The van der Waals surface area contributed by atoms with E-state index < -0.39 is 11.7 Å². The Morgan fingerprint density at radius 3 is 2.35 bits per heavy atom. The highest BCUT2D eigenvalue weighted by Gasteiger charge is 2.42. The third-order valence-corrected chi connectivity index (χ3v) is 3.26. The molecule has 0 heterocycles. The zero-order valence-electron chi connectivity index (χ0n) is 11.9. The van der Waals surface area contributed by atoms with Crippen molar-refractivity contribution in [3.8, 4) is 0 Å². The molecule has 0 aromatic heterocycles. The molecule has 1 atom stereocenters. The van der Waals surface area contributed by atoms with E-state index in [2.05, 4.69) is 0 Å². The minimum absolute atomic E-state index is 0.00750. The second-order valence-electron chi connectivity index (χ2n) is 4.54. The van der Waals surface area contributed by atoms with E-state index in [1.807, 2.05) is 68.5 Å². The topological polar surface area (TPSA) is 35.5 Å². The maximum absolute atomic E-state index is 12.7. The van der Waals surface area contributed by atoms with E-state index in [0.29, 0.717) is 18.8 Å². The third-order valence-electron chi connectivity index (χ3n) is 3.26. The number of carbonyl (C=O) groups is 1. The van der Waals surface area contributed by atoms with Crippen LogP contribution in [-0.2, 0) is 9.47 Å². The molecule has 0 spiro atoms. The van der Waals surface area contributed by atoms with Crippen LogP contribution in [0.3, 0.4) is 0 Å². The lowest BCUT2D eigenvalue weighted by molar-refractivity contribution is -0.213. The van der Waals surface area contributed by atoms with Gasteiger partial charge in [-0.05, 0) is 19.9 Å². The van der Waals surface area contributed by atoms with Crippen LogP contribution in [0.4, 0.5) is 0 Å². The van der Waals surface area contributed by atoms with Gasteiger partial charge in [-0.25, -0.2) is 0 Å². The van der Waals surface area contributed by atoms with Crippen molar-refractivity contribution in [2.75, 3.05) is 13.2 Å². The number of rotatable bonds is 6. The highest BCUT2D eigenvalue weighted by Crippen LogP contribution is 2.32. The molecule has 1 unspecified atom stereocenters. The number of benzene rings is 1. The van der Waals surface area contributed by atoms with Gasteiger partial charge in [0.05, 0.1) is 5.92 Å². The molecule has 3 nitrogen and oxygen atoms in total. The molecule has 1 aromatic carbocycles. The van der Waals surface area contributed by atoms with Crippen LogP contribution in [0.25, 0.3) is 0 Å². The fourth-order valence-electron chi connectivity index (χ4n) is 2.42. The fourth-order valence-corrected chi connectivity index (χ4v) is 2.42. The molecular formula is C17H20O3. The van der Waals surface area contributed by atoms with Gasteiger partial charge in [0.2, 0.25) is 5.79 Å². The molecule has 2 rings (SSSR count). The Balaban J connectivity index is 2.33. The number of hydrogen-bond donors (Lipinski definition) is 0. The predicted octanol–water partition coefficient (Wildman–Crippen LogP) is 3.38. The quantitative estimate of drug-likeness (QED) is 0.588. The van der Waals surface area contributed by atoms with Gasteiger partial charge in [-0.15, -0.1) is 0 Å². The van der Waals surface area contributed by atoms with Crippen LogP contribution in [0.15, 0.2) is 54.6 Å². The van der Waals surface area contributed by atoms with Crippen molar-refractivity contribution in [2.45, 2.75) is 19.6 Å². The van der Waals surface area contributed by atoms with Crippen LogP contribution in [0.5, 0.6) is 0 Å². The minimum atomic E-state index is -0.995. The van der Waals surface area contributed by atoms with E-state index in [1.54, 1.807) is 0 Å². The standard InChI is InChI=1S/C17H20O3/c1-3-19-17(20-4-2)13-9-8-12-15(17)16(18)14-10-6-5-7-11-14/h5-13,15H,3-4H2,1-2H3. The first-order chi connectivity index (χ1) is 9.73. The van der Waals surface area contributed by atoms with Crippen LogP contribution in [0, 0.1) is 5.92 Å². The molecule has 1 aliphatic carbocycles. The zero-order chi connectivity index (χ0) is 14.4. The van der Waals surface area contributed by atoms with Crippen molar-refractivity contribution in [1.82, 2.24) is 0 Å². The van der Waals surface area contributed by atoms with E-state index in [9.17, 15) is 4.79 Å². The second kappa shape index (κ2) is 6.64.